The van der Waals surface area contributed by atoms with Crippen molar-refractivity contribution in [1.82, 2.24) is 0 Å². The molecule has 0 atom stereocenters. The number of rotatable bonds is 0. The monoisotopic (exact) mass is 242 g/mol. The number of nitrogens with zero attached hydrogens (tertiary/aromatic N) is 1. The molecule has 1 aliphatic rings. The summed E-state index contributed by atoms with van der Waals surface area (Å²) in [4.78, 5) is 0. The first kappa shape index (κ1) is 20.6. The van der Waals surface area contributed by atoms with Gasteiger partial charge in [-0.1, -0.05) is 33.1 Å². The second-order valence-corrected chi connectivity index (χ2v) is 4.07. The molecule has 0 fully saturated rings. The van der Waals surface area contributed by atoms with Crippen LogP contribution in [-0.4, -0.2) is 14.1 Å². The summed E-state index contributed by atoms with van der Waals surface area (Å²) in [6.45, 7) is 10.9. The molecule has 15 heavy (non-hydrogen) atoms. The number of hydrogen-bond donors (Lipinski definition) is 0. The molecule has 1 radical (unpaired) electrons. The van der Waals surface area contributed by atoms with E-state index in [2.05, 4.69) is 46.0 Å². The average Bonchev–Trinajstić information content (AvgIpc) is 2.16. The van der Waals surface area contributed by atoms with Gasteiger partial charge in [0, 0.05) is 0 Å². The maximum Gasteiger partial charge on any atom is 3.00 e. The molecule has 0 unspecified atom stereocenters. The Balaban J connectivity index is -0.000000260. The van der Waals surface area contributed by atoms with Crippen molar-refractivity contribution in [3.8, 4) is 0 Å². The fourth-order valence-corrected chi connectivity index (χ4v) is 1.41. The van der Waals surface area contributed by atoms with Gasteiger partial charge in [0.1, 0.15) is 0 Å². The Morgan fingerprint density at radius 3 is 1.47 bits per heavy atom. The van der Waals surface area contributed by atoms with Crippen molar-refractivity contribution in [2.24, 2.45) is 5.41 Å². The SMILES string of the molecule is CC1=[C-]C(C)(C)C(C)=C1C.C[N-]C.[CH3-].[Ti+3]. The first-order valence-electron chi connectivity index (χ1n) is 4.64. The molecule has 0 heterocycles. The summed E-state index contributed by atoms with van der Waals surface area (Å²) >= 11 is 0. The smallest absolute Gasteiger partial charge is 0.668 e. The first-order valence-corrected chi connectivity index (χ1v) is 4.64. The zero-order chi connectivity index (χ0) is 10.6. The Bertz CT molecular complexity index is 237. The van der Waals surface area contributed by atoms with Gasteiger partial charge in [0.05, 0.1) is 0 Å². The average molecular weight is 242 g/mol. The molecule has 0 saturated heterocycles. The molecule has 0 aromatic rings. The van der Waals surface area contributed by atoms with Crippen molar-refractivity contribution in [3.63, 3.8) is 0 Å². The third kappa shape index (κ3) is 5.70. The molecule has 0 bridgehead atoms. The third-order valence-electron chi connectivity index (χ3n) is 2.56. The second kappa shape index (κ2) is 8.32. The molecule has 0 aromatic carbocycles. The van der Waals surface area contributed by atoms with E-state index in [1.54, 1.807) is 14.1 Å². The number of hydrogen-bond acceptors (Lipinski definition) is 0. The summed E-state index contributed by atoms with van der Waals surface area (Å²) < 4.78 is 0. The molecule has 85 valence electrons. The summed E-state index contributed by atoms with van der Waals surface area (Å²) in [5.41, 5.74) is 4.39. The summed E-state index contributed by atoms with van der Waals surface area (Å²) in [6.07, 6.45) is 3.44. The van der Waals surface area contributed by atoms with Crippen LogP contribution in [0.2, 0.25) is 0 Å². The van der Waals surface area contributed by atoms with E-state index in [9.17, 15) is 0 Å². The minimum atomic E-state index is 0. The Morgan fingerprint density at radius 2 is 1.40 bits per heavy atom. The molecule has 1 nitrogen and oxygen atoms in total. The van der Waals surface area contributed by atoms with Crippen LogP contribution in [0.3, 0.4) is 0 Å². The quantitative estimate of drug-likeness (QED) is 0.447. The van der Waals surface area contributed by atoms with E-state index in [1.165, 1.54) is 16.7 Å². The maximum atomic E-state index is 3.50. The van der Waals surface area contributed by atoms with Gasteiger partial charge in [-0.15, -0.1) is 6.92 Å². The molecule has 0 amide bonds. The Hall–Kier alpha value is 0.154. The fourth-order valence-electron chi connectivity index (χ4n) is 1.41. The van der Waals surface area contributed by atoms with E-state index >= 15 is 0 Å². The molecular weight excluding hydrogens is 218 g/mol. The van der Waals surface area contributed by atoms with Crippen LogP contribution in [0.4, 0.5) is 0 Å². The van der Waals surface area contributed by atoms with Crippen LogP contribution in [-0.2, 0) is 21.7 Å². The molecule has 0 spiro atoms. The zero-order valence-corrected chi connectivity index (χ0v) is 13.0. The van der Waals surface area contributed by atoms with Crippen LogP contribution < -0.4 is 0 Å². The van der Waals surface area contributed by atoms with Crippen molar-refractivity contribution in [2.75, 3.05) is 14.1 Å². The fraction of sp³-hybridized carbons (Fsp3) is 0.615. The van der Waals surface area contributed by atoms with Crippen LogP contribution >= 0.6 is 0 Å². The standard InChI is InChI=1S/C10H15.C2H6N.CH3.Ti/c1-7-6-10(4,5)9(3)8(7)2;1-3-2;;/h1-5H3;1-2H3;1H3;/q3*-1;+3. The molecule has 0 aliphatic heterocycles. The summed E-state index contributed by atoms with van der Waals surface area (Å²) in [6, 6.07) is 0. The Kier molecular flexibility index (Phi) is 11.4. The number of allylic oxidation sites excluding steroid dienone is 4. The predicted molar refractivity (Wildman–Crippen MR) is 66.2 cm³/mol. The summed E-state index contributed by atoms with van der Waals surface area (Å²) in [5, 5.41) is 3.50. The third-order valence-corrected chi connectivity index (χ3v) is 2.56. The van der Waals surface area contributed by atoms with Crippen molar-refractivity contribution in [3.05, 3.63) is 35.5 Å². The predicted octanol–water partition coefficient (Wildman–Crippen LogP) is 4.18. The van der Waals surface area contributed by atoms with Gasteiger partial charge in [-0.3, -0.25) is 6.08 Å². The molecule has 0 N–H and O–H groups in total. The van der Waals surface area contributed by atoms with E-state index in [1.807, 2.05) is 0 Å². The minimum Gasteiger partial charge on any atom is -0.668 e. The molecule has 1 aliphatic carbocycles. The van der Waals surface area contributed by atoms with E-state index in [4.69, 9.17) is 0 Å². The van der Waals surface area contributed by atoms with Gasteiger partial charge < -0.3 is 12.7 Å². The molecule has 1 rings (SSSR count). The summed E-state index contributed by atoms with van der Waals surface area (Å²) in [5.74, 6) is 0. The van der Waals surface area contributed by atoms with Crippen LogP contribution in [0.25, 0.3) is 5.32 Å². The molecular formula is C13H24NTi. The van der Waals surface area contributed by atoms with Gasteiger partial charge in [-0.25, -0.2) is 5.57 Å². The topological polar surface area (TPSA) is 14.1 Å². The Morgan fingerprint density at radius 1 is 1.07 bits per heavy atom. The van der Waals surface area contributed by atoms with Gasteiger partial charge >= 0.3 is 21.7 Å². The van der Waals surface area contributed by atoms with Crippen molar-refractivity contribution in [1.29, 1.82) is 0 Å². The van der Waals surface area contributed by atoms with Gasteiger partial charge in [-0.05, 0) is 0 Å². The largest absolute Gasteiger partial charge is 3.00 e. The van der Waals surface area contributed by atoms with Gasteiger partial charge in [0.25, 0.3) is 0 Å². The van der Waals surface area contributed by atoms with Crippen LogP contribution in [0.5, 0.6) is 0 Å². The van der Waals surface area contributed by atoms with Crippen molar-refractivity contribution in [2.45, 2.75) is 34.6 Å². The normalized spacial score (nSPS) is 16.9. The Labute approximate surface area is 111 Å². The molecule has 0 saturated carbocycles. The molecule has 0 aromatic heterocycles. The van der Waals surface area contributed by atoms with Crippen molar-refractivity contribution >= 4 is 0 Å². The van der Waals surface area contributed by atoms with Crippen LogP contribution in [0.1, 0.15) is 34.6 Å². The second-order valence-electron chi connectivity index (χ2n) is 4.07. The van der Waals surface area contributed by atoms with E-state index in [0.717, 1.165) is 0 Å². The summed E-state index contributed by atoms with van der Waals surface area (Å²) in [7, 11) is 3.50. The maximum absolute atomic E-state index is 3.50. The first-order chi connectivity index (χ1) is 5.86. The van der Waals surface area contributed by atoms with Gasteiger partial charge in [0.15, 0.2) is 0 Å². The zero-order valence-electron chi connectivity index (χ0n) is 11.4. The van der Waals surface area contributed by atoms with Gasteiger partial charge in [-0.2, -0.15) is 25.2 Å². The van der Waals surface area contributed by atoms with Crippen LogP contribution in [0, 0.1) is 18.9 Å². The van der Waals surface area contributed by atoms with Crippen LogP contribution in [0.15, 0.2) is 16.7 Å². The van der Waals surface area contributed by atoms with Crippen molar-refractivity contribution < 1.29 is 21.7 Å². The van der Waals surface area contributed by atoms with E-state index in [0.29, 0.717) is 0 Å². The van der Waals surface area contributed by atoms with E-state index < -0.39 is 0 Å². The molecule has 2 heteroatoms. The van der Waals surface area contributed by atoms with Gasteiger partial charge in [0.2, 0.25) is 0 Å². The minimum absolute atomic E-state index is 0. The van der Waals surface area contributed by atoms with E-state index in [-0.39, 0.29) is 34.6 Å².